The van der Waals surface area contributed by atoms with Crippen molar-refractivity contribution in [2.45, 2.75) is 0 Å². The minimum Gasteiger partial charge on any atom is -0.497 e. The Bertz CT molecular complexity index is 1250. The molecule has 4 rings (SSSR count). The molecule has 4 aromatic rings. The lowest BCUT2D eigenvalue weighted by molar-refractivity contribution is 0.415. The number of benzene rings is 2. The Morgan fingerprint density at radius 2 is 1.52 bits per heavy atom. The number of hydrogen-bond donors (Lipinski definition) is 1. The Labute approximate surface area is 155 Å². The van der Waals surface area contributed by atoms with Gasteiger partial charge in [0.2, 0.25) is 0 Å². The number of hydrogen-bond acceptors (Lipinski definition) is 3. The summed E-state index contributed by atoms with van der Waals surface area (Å²) < 4.78 is 7.85. The van der Waals surface area contributed by atoms with E-state index in [1.807, 2.05) is 54.6 Å². The smallest absolute Gasteiger partial charge is 0.332 e. The van der Waals surface area contributed by atoms with Crippen molar-refractivity contribution in [1.29, 1.82) is 0 Å². The molecular formula is C21H19N3O3. The number of aromatic nitrogens is 3. The van der Waals surface area contributed by atoms with Crippen molar-refractivity contribution >= 4 is 11.0 Å². The Morgan fingerprint density at radius 3 is 2.15 bits per heavy atom. The third-order valence-corrected chi connectivity index (χ3v) is 4.85. The minimum absolute atomic E-state index is 0.322. The summed E-state index contributed by atoms with van der Waals surface area (Å²) in [6.07, 6.45) is 0. The first-order valence-electron chi connectivity index (χ1n) is 8.54. The first-order chi connectivity index (χ1) is 13.0. The van der Waals surface area contributed by atoms with Crippen LogP contribution in [0.1, 0.15) is 0 Å². The Balaban J connectivity index is 2.16. The van der Waals surface area contributed by atoms with Crippen molar-refractivity contribution < 1.29 is 4.74 Å². The highest BCUT2D eigenvalue weighted by Gasteiger charge is 2.21. The van der Waals surface area contributed by atoms with Crippen molar-refractivity contribution in [2.24, 2.45) is 14.1 Å². The summed E-state index contributed by atoms with van der Waals surface area (Å²) in [6, 6.07) is 17.3. The monoisotopic (exact) mass is 361 g/mol. The van der Waals surface area contributed by atoms with Gasteiger partial charge < -0.3 is 9.72 Å². The molecule has 2 aromatic carbocycles. The minimum atomic E-state index is -0.366. The molecular weight excluding hydrogens is 342 g/mol. The normalized spacial score (nSPS) is 11.1. The first-order valence-corrected chi connectivity index (χ1v) is 8.54. The number of aryl methyl sites for hydroxylation is 1. The molecule has 0 aliphatic carbocycles. The van der Waals surface area contributed by atoms with Crippen LogP contribution in [0.2, 0.25) is 0 Å². The predicted molar refractivity (Wildman–Crippen MR) is 106 cm³/mol. The SMILES string of the molecule is COc1ccc(-c2c(-c3ccccc3)[nH]c3c2c(=O)n(C)c(=O)n3C)cc1. The molecule has 2 aromatic heterocycles. The van der Waals surface area contributed by atoms with Gasteiger partial charge in [-0.1, -0.05) is 42.5 Å². The molecule has 0 spiro atoms. The Morgan fingerprint density at radius 1 is 0.852 bits per heavy atom. The standard InChI is InChI=1S/C21H19N3O3/c1-23-19-17(20(25)24(2)21(23)26)16(13-9-11-15(27-3)12-10-13)18(22-19)14-7-5-4-6-8-14/h4-12,22H,1-3H3. The van der Waals surface area contributed by atoms with Gasteiger partial charge in [-0.15, -0.1) is 0 Å². The molecule has 27 heavy (non-hydrogen) atoms. The number of fused-ring (bicyclic) bond motifs is 1. The zero-order valence-corrected chi connectivity index (χ0v) is 15.3. The van der Waals surface area contributed by atoms with Crippen LogP contribution in [0.5, 0.6) is 5.75 Å². The van der Waals surface area contributed by atoms with Gasteiger partial charge in [0.25, 0.3) is 5.56 Å². The van der Waals surface area contributed by atoms with Gasteiger partial charge >= 0.3 is 5.69 Å². The average molecular weight is 361 g/mol. The van der Waals surface area contributed by atoms with E-state index in [-0.39, 0.29) is 11.2 Å². The summed E-state index contributed by atoms with van der Waals surface area (Å²) in [5.41, 5.74) is 3.20. The lowest BCUT2D eigenvalue weighted by Crippen LogP contribution is -2.36. The Hall–Kier alpha value is -3.54. The summed E-state index contributed by atoms with van der Waals surface area (Å²) in [4.78, 5) is 28.6. The van der Waals surface area contributed by atoms with E-state index in [0.29, 0.717) is 11.0 Å². The van der Waals surface area contributed by atoms with Crippen molar-refractivity contribution in [2.75, 3.05) is 7.11 Å². The Kier molecular flexibility index (Phi) is 3.96. The second-order valence-corrected chi connectivity index (χ2v) is 6.40. The summed E-state index contributed by atoms with van der Waals surface area (Å²) in [5, 5.41) is 0.489. The van der Waals surface area contributed by atoms with E-state index in [1.54, 1.807) is 14.2 Å². The molecule has 0 atom stereocenters. The third kappa shape index (κ3) is 2.57. The molecule has 0 radical (unpaired) electrons. The molecule has 0 aliphatic heterocycles. The van der Waals surface area contributed by atoms with Crippen molar-refractivity contribution in [3.05, 3.63) is 75.4 Å². The molecule has 0 fully saturated rings. The van der Waals surface area contributed by atoms with Crippen LogP contribution in [-0.2, 0) is 14.1 Å². The molecule has 0 saturated heterocycles. The lowest BCUT2D eigenvalue weighted by Gasteiger charge is -2.07. The molecule has 2 heterocycles. The molecule has 0 bridgehead atoms. The maximum atomic E-state index is 13.0. The van der Waals surface area contributed by atoms with E-state index in [2.05, 4.69) is 4.98 Å². The number of nitrogens with one attached hydrogen (secondary N) is 1. The quantitative estimate of drug-likeness (QED) is 0.610. The largest absolute Gasteiger partial charge is 0.497 e. The zero-order chi connectivity index (χ0) is 19.1. The summed E-state index contributed by atoms with van der Waals surface area (Å²) in [7, 11) is 4.77. The second kappa shape index (κ2) is 6.32. The topological polar surface area (TPSA) is 69.0 Å². The predicted octanol–water partition coefficient (Wildman–Crippen LogP) is 2.91. The maximum absolute atomic E-state index is 13.0. The average Bonchev–Trinajstić information content (AvgIpc) is 3.12. The van der Waals surface area contributed by atoms with Crippen LogP contribution in [0.15, 0.2) is 64.2 Å². The molecule has 0 saturated carbocycles. The molecule has 0 aliphatic rings. The van der Waals surface area contributed by atoms with E-state index < -0.39 is 0 Å². The lowest BCUT2D eigenvalue weighted by atomic mass is 9.99. The number of methoxy groups -OCH3 is 1. The van der Waals surface area contributed by atoms with Crippen LogP contribution in [-0.4, -0.2) is 21.2 Å². The fourth-order valence-electron chi connectivity index (χ4n) is 3.39. The third-order valence-electron chi connectivity index (χ3n) is 4.85. The van der Waals surface area contributed by atoms with E-state index in [4.69, 9.17) is 4.74 Å². The van der Waals surface area contributed by atoms with Crippen LogP contribution in [0, 0.1) is 0 Å². The van der Waals surface area contributed by atoms with Gasteiger partial charge in [-0.3, -0.25) is 13.9 Å². The molecule has 0 unspecified atom stereocenters. The van der Waals surface area contributed by atoms with E-state index in [1.165, 1.54) is 11.6 Å². The van der Waals surface area contributed by atoms with Crippen molar-refractivity contribution in [3.8, 4) is 28.1 Å². The molecule has 1 N–H and O–H groups in total. The van der Waals surface area contributed by atoms with Crippen molar-refractivity contribution in [1.82, 2.24) is 14.1 Å². The van der Waals surface area contributed by atoms with Crippen LogP contribution in [0.4, 0.5) is 0 Å². The van der Waals surface area contributed by atoms with Gasteiger partial charge in [0.05, 0.1) is 18.2 Å². The number of ether oxygens (including phenoxy) is 1. The number of nitrogens with zero attached hydrogens (tertiary/aromatic N) is 2. The zero-order valence-electron chi connectivity index (χ0n) is 15.3. The summed E-state index contributed by atoms with van der Waals surface area (Å²) >= 11 is 0. The fraction of sp³-hybridized carbons (Fsp3) is 0.143. The van der Waals surface area contributed by atoms with Gasteiger partial charge in [0, 0.05) is 19.7 Å². The van der Waals surface area contributed by atoms with Gasteiger partial charge in [-0.25, -0.2) is 4.79 Å². The molecule has 6 heteroatoms. The van der Waals surface area contributed by atoms with Gasteiger partial charge in [-0.05, 0) is 23.3 Å². The highest BCUT2D eigenvalue weighted by atomic mass is 16.5. The van der Waals surface area contributed by atoms with Crippen LogP contribution < -0.4 is 16.0 Å². The highest BCUT2D eigenvalue weighted by molar-refractivity contribution is 6.02. The summed E-state index contributed by atoms with van der Waals surface area (Å²) in [6.45, 7) is 0. The fourth-order valence-corrected chi connectivity index (χ4v) is 3.39. The number of H-pyrrole nitrogens is 1. The molecule has 136 valence electrons. The molecule has 0 amide bonds. The number of aromatic amines is 1. The van der Waals surface area contributed by atoms with Crippen LogP contribution in [0.3, 0.4) is 0 Å². The van der Waals surface area contributed by atoms with Crippen LogP contribution >= 0.6 is 0 Å². The first kappa shape index (κ1) is 16.9. The van der Waals surface area contributed by atoms with Gasteiger partial charge in [-0.2, -0.15) is 0 Å². The summed E-state index contributed by atoms with van der Waals surface area (Å²) in [5.74, 6) is 0.736. The maximum Gasteiger partial charge on any atom is 0.332 e. The van der Waals surface area contributed by atoms with Gasteiger partial charge in [0.15, 0.2) is 0 Å². The molecule has 6 nitrogen and oxygen atoms in total. The van der Waals surface area contributed by atoms with Gasteiger partial charge in [0.1, 0.15) is 11.4 Å². The van der Waals surface area contributed by atoms with E-state index in [9.17, 15) is 9.59 Å². The van der Waals surface area contributed by atoms with Crippen molar-refractivity contribution in [3.63, 3.8) is 0 Å². The van der Waals surface area contributed by atoms with E-state index in [0.717, 1.165) is 32.7 Å². The van der Waals surface area contributed by atoms with Crippen LogP contribution in [0.25, 0.3) is 33.4 Å². The number of rotatable bonds is 3. The van der Waals surface area contributed by atoms with E-state index >= 15 is 0 Å². The highest BCUT2D eigenvalue weighted by Crippen LogP contribution is 2.36. The second-order valence-electron chi connectivity index (χ2n) is 6.40.